The van der Waals surface area contributed by atoms with Crippen molar-refractivity contribution in [2.45, 2.75) is 12.9 Å². The van der Waals surface area contributed by atoms with Gasteiger partial charge in [-0.3, -0.25) is 4.79 Å². The Hall–Kier alpha value is -1.03. The van der Waals surface area contributed by atoms with Crippen molar-refractivity contribution in [3.63, 3.8) is 0 Å². The van der Waals surface area contributed by atoms with Crippen molar-refractivity contribution in [2.24, 2.45) is 0 Å². The number of hydrogen-bond acceptors (Lipinski definition) is 3. The molecule has 1 aromatic heterocycles. The molecule has 2 N–H and O–H groups in total. The fourth-order valence-corrected chi connectivity index (χ4v) is 0.967. The van der Waals surface area contributed by atoms with Gasteiger partial charge < -0.3 is 9.84 Å². The van der Waals surface area contributed by atoms with Crippen LogP contribution in [0.5, 0.6) is 0 Å². The van der Waals surface area contributed by atoms with Crippen LogP contribution >= 0.6 is 0 Å². The van der Waals surface area contributed by atoms with E-state index in [9.17, 15) is 4.79 Å². The molecule has 10 heavy (non-hydrogen) atoms. The highest BCUT2D eigenvalue weighted by Crippen LogP contribution is 2.06. The standard InChI is InChI=1S/C6H8N2O2/c9-6-4-1-2-7-3-5(4)10-8-6/h7H,1-3H2,(H,8,9)/i1D2. The molecule has 0 fully saturated rings. The van der Waals surface area contributed by atoms with E-state index < -0.39 is 11.9 Å². The quantitative estimate of drug-likeness (QED) is 0.519. The second-order valence-corrected chi connectivity index (χ2v) is 2.11. The van der Waals surface area contributed by atoms with Gasteiger partial charge in [-0.25, -0.2) is 0 Å². The first-order valence-electron chi connectivity index (χ1n) is 4.03. The van der Waals surface area contributed by atoms with Gasteiger partial charge in [0.25, 0.3) is 5.56 Å². The summed E-state index contributed by atoms with van der Waals surface area (Å²) in [5.74, 6) is 0.372. The van der Waals surface area contributed by atoms with Gasteiger partial charge in [-0.2, -0.15) is 5.16 Å². The van der Waals surface area contributed by atoms with Crippen molar-refractivity contribution in [1.82, 2.24) is 10.5 Å². The number of H-pyrrole nitrogens is 1. The minimum atomic E-state index is -1.62. The van der Waals surface area contributed by atoms with Crippen LogP contribution in [0.15, 0.2) is 9.32 Å². The average Bonchev–Trinajstić information content (AvgIpc) is 2.32. The van der Waals surface area contributed by atoms with E-state index in [4.69, 9.17) is 7.26 Å². The van der Waals surface area contributed by atoms with Gasteiger partial charge in [0, 0.05) is 2.74 Å². The molecule has 0 aliphatic carbocycles. The zero-order valence-corrected chi connectivity index (χ0v) is 5.23. The van der Waals surface area contributed by atoms with Crippen LogP contribution in [-0.2, 0) is 12.9 Å². The highest BCUT2D eigenvalue weighted by Gasteiger charge is 2.15. The molecule has 1 aliphatic heterocycles. The van der Waals surface area contributed by atoms with Crippen molar-refractivity contribution in [3.05, 3.63) is 21.7 Å². The first kappa shape index (κ1) is 3.98. The van der Waals surface area contributed by atoms with Crippen molar-refractivity contribution >= 4 is 0 Å². The van der Waals surface area contributed by atoms with Gasteiger partial charge in [0.05, 0.1) is 12.1 Å². The summed E-state index contributed by atoms with van der Waals surface area (Å²) in [6.45, 7) is 0.566. The Balaban J connectivity index is 2.63. The largest absolute Gasteiger partial charge is 0.382 e. The molecule has 0 unspecified atom stereocenters. The summed E-state index contributed by atoms with van der Waals surface area (Å²) in [5.41, 5.74) is -0.335. The maximum Gasteiger partial charge on any atom is 0.283 e. The van der Waals surface area contributed by atoms with E-state index in [0.29, 0.717) is 12.3 Å². The van der Waals surface area contributed by atoms with E-state index in [1.807, 2.05) is 0 Å². The summed E-state index contributed by atoms with van der Waals surface area (Å²) < 4.78 is 19.8. The molecule has 2 rings (SSSR count). The Kier molecular flexibility index (Phi) is 0.789. The van der Waals surface area contributed by atoms with E-state index >= 15 is 0 Å². The van der Waals surface area contributed by atoms with Crippen LogP contribution in [0.2, 0.25) is 0 Å². The van der Waals surface area contributed by atoms with Crippen LogP contribution in [0.3, 0.4) is 0 Å². The minimum Gasteiger partial charge on any atom is -0.382 e. The molecule has 4 nitrogen and oxygen atoms in total. The van der Waals surface area contributed by atoms with Crippen LogP contribution < -0.4 is 10.9 Å². The van der Waals surface area contributed by atoms with Crippen molar-refractivity contribution < 1.29 is 7.26 Å². The van der Waals surface area contributed by atoms with Gasteiger partial charge in [0.15, 0.2) is 5.76 Å². The van der Waals surface area contributed by atoms with Gasteiger partial charge in [-0.1, -0.05) is 0 Å². The zero-order valence-electron chi connectivity index (χ0n) is 7.23. The Morgan fingerprint density at radius 2 is 2.60 bits per heavy atom. The molecular formula is C6H8N2O2. The summed E-state index contributed by atoms with van der Waals surface area (Å²) in [4.78, 5) is 11.1. The van der Waals surface area contributed by atoms with E-state index in [1.54, 1.807) is 0 Å². The maximum atomic E-state index is 11.1. The zero-order chi connectivity index (χ0) is 8.77. The molecule has 0 radical (unpaired) electrons. The molecule has 1 aliphatic rings. The van der Waals surface area contributed by atoms with Crippen LogP contribution in [-0.4, -0.2) is 11.7 Å². The van der Waals surface area contributed by atoms with E-state index in [1.165, 1.54) is 0 Å². The second kappa shape index (κ2) is 1.98. The molecule has 0 atom stereocenters. The molecule has 0 bridgehead atoms. The number of rotatable bonds is 0. The van der Waals surface area contributed by atoms with Gasteiger partial charge in [0.2, 0.25) is 0 Å². The fraction of sp³-hybridized carbons (Fsp3) is 0.500. The van der Waals surface area contributed by atoms with Crippen LogP contribution in [0.1, 0.15) is 14.1 Å². The predicted molar refractivity (Wildman–Crippen MR) is 34.7 cm³/mol. The normalized spacial score (nSPS) is 24.8. The molecule has 0 saturated heterocycles. The summed E-state index contributed by atoms with van der Waals surface area (Å²) in [7, 11) is 0. The summed E-state index contributed by atoms with van der Waals surface area (Å²) in [5, 5.41) is 4.94. The Morgan fingerprint density at radius 3 is 3.40 bits per heavy atom. The van der Waals surface area contributed by atoms with Crippen molar-refractivity contribution in [2.75, 3.05) is 6.54 Å². The Labute approximate surface area is 60.0 Å². The lowest BCUT2D eigenvalue weighted by atomic mass is 10.1. The van der Waals surface area contributed by atoms with Crippen molar-refractivity contribution in [1.29, 1.82) is 0 Å². The number of fused-ring (bicyclic) bond motifs is 1. The smallest absolute Gasteiger partial charge is 0.283 e. The van der Waals surface area contributed by atoms with Gasteiger partial charge in [0.1, 0.15) is 0 Å². The third-order valence-corrected chi connectivity index (χ3v) is 1.45. The van der Waals surface area contributed by atoms with Crippen molar-refractivity contribution in [3.8, 4) is 0 Å². The third-order valence-electron chi connectivity index (χ3n) is 1.45. The third kappa shape index (κ3) is 0.690. The Bertz CT molecular complexity index is 355. The number of aromatic nitrogens is 1. The molecule has 0 aromatic carbocycles. The maximum absolute atomic E-state index is 11.1. The molecule has 0 saturated carbocycles. The topological polar surface area (TPSA) is 58.0 Å². The fourth-order valence-electron chi connectivity index (χ4n) is 0.967. The molecule has 4 heteroatoms. The number of hydrogen-bond donors (Lipinski definition) is 2. The number of nitrogens with one attached hydrogen (secondary N) is 2. The minimum absolute atomic E-state index is 0.126. The SMILES string of the molecule is [2H]C1([2H])CNCc2o[nH]c(=O)c21. The lowest BCUT2D eigenvalue weighted by Crippen LogP contribution is -2.25. The highest BCUT2D eigenvalue weighted by molar-refractivity contribution is 5.16. The average molecular weight is 142 g/mol. The summed E-state index contributed by atoms with van der Waals surface area (Å²) in [6, 6.07) is 0. The Morgan fingerprint density at radius 1 is 1.70 bits per heavy atom. The summed E-state index contributed by atoms with van der Waals surface area (Å²) in [6.07, 6.45) is -1.62. The van der Waals surface area contributed by atoms with E-state index in [-0.39, 0.29) is 12.1 Å². The van der Waals surface area contributed by atoms with Gasteiger partial charge >= 0.3 is 0 Å². The van der Waals surface area contributed by atoms with Gasteiger partial charge in [-0.15, -0.1) is 0 Å². The molecule has 1 aromatic rings. The van der Waals surface area contributed by atoms with E-state index in [2.05, 4.69) is 10.5 Å². The monoisotopic (exact) mass is 142 g/mol. The first-order valence-corrected chi connectivity index (χ1v) is 3.03. The van der Waals surface area contributed by atoms with Crippen LogP contribution in [0.25, 0.3) is 0 Å². The predicted octanol–water partition coefficient (Wildman–Crippen LogP) is -0.386. The highest BCUT2D eigenvalue weighted by atomic mass is 16.5. The molecule has 54 valence electrons. The second-order valence-electron chi connectivity index (χ2n) is 2.11. The molecular weight excluding hydrogens is 132 g/mol. The van der Waals surface area contributed by atoms with E-state index in [0.717, 1.165) is 0 Å². The number of aromatic amines is 1. The summed E-state index contributed by atoms with van der Waals surface area (Å²) >= 11 is 0. The lowest BCUT2D eigenvalue weighted by Gasteiger charge is -2.07. The molecule has 0 amide bonds. The van der Waals surface area contributed by atoms with Crippen LogP contribution in [0.4, 0.5) is 0 Å². The molecule has 0 spiro atoms. The van der Waals surface area contributed by atoms with Gasteiger partial charge in [-0.05, 0) is 12.9 Å². The first-order chi connectivity index (χ1) is 5.61. The van der Waals surface area contributed by atoms with Crippen LogP contribution in [0, 0.1) is 0 Å². The lowest BCUT2D eigenvalue weighted by molar-refractivity contribution is 0.362. The molecule has 2 heterocycles.